The summed E-state index contributed by atoms with van der Waals surface area (Å²) in [6.07, 6.45) is 0. The van der Waals surface area contributed by atoms with Gasteiger partial charge in [-0.05, 0) is 36.8 Å². The molecular formula is C15H13O2+. The summed E-state index contributed by atoms with van der Waals surface area (Å²) in [4.78, 5) is 0. The zero-order valence-corrected chi connectivity index (χ0v) is 9.82. The van der Waals surface area contributed by atoms with Crippen LogP contribution < -0.4 is 0 Å². The van der Waals surface area contributed by atoms with E-state index in [9.17, 15) is 5.11 Å². The van der Waals surface area contributed by atoms with Crippen molar-refractivity contribution in [1.82, 2.24) is 0 Å². The van der Waals surface area contributed by atoms with Gasteiger partial charge in [0.2, 0.25) is 0 Å². The molecule has 1 heterocycles. The summed E-state index contributed by atoms with van der Waals surface area (Å²) < 4.78 is 5.80. The number of phenols is 1. The van der Waals surface area contributed by atoms with Crippen LogP contribution in [0.4, 0.5) is 0 Å². The number of rotatable bonds is 0. The number of aromatic hydroxyl groups is 1. The van der Waals surface area contributed by atoms with E-state index in [-0.39, 0.29) is 0 Å². The number of benzene rings is 2. The van der Waals surface area contributed by atoms with Gasteiger partial charge in [0, 0.05) is 11.5 Å². The van der Waals surface area contributed by atoms with Gasteiger partial charge in [-0.2, -0.15) is 0 Å². The summed E-state index contributed by atoms with van der Waals surface area (Å²) in [5.74, 6) is 1.17. The van der Waals surface area contributed by atoms with E-state index in [1.165, 1.54) is 5.56 Å². The minimum Gasteiger partial charge on any atom is -0.507 e. The van der Waals surface area contributed by atoms with Crippen molar-refractivity contribution in [2.45, 2.75) is 13.8 Å². The largest absolute Gasteiger partial charge is 0.507 e. The van der Waals surface area contributed by atoms with Crippen molar-refractivity contribution < 1.29 is 9.52 Å². The Kier molecular flexibility index (Phi) is 2.05. The van der Waals surface area contributed by atoms with Crippen molar-refractivity contribution in [3.63, 3.8) is 0 Å². The van der Waals surface area contributed by atoms with Gasteiger partial charge in [-0.15, -0.1) is 0 Å². The molecule has 0 unspecified atom stereocenters. The van der Waals surface area contributed by atoms with Crippen LogP contribution in [-0.2, 0) is 0 Å². The molecule has 2 heteroatoms. The van der Waals surface area contributed by atoms with E-state index >= 15 is 0 Å². The fourth-order valence-corrected chi connectivity index (χ4v) is 2.31. The van der Waals surface area contributed by atoms with Crippen LogP contribution in [0, 0.1) is 13.8 Å². The van der Waals surface area contributed by atoms with E-state index in [0.29, 0.717) is 5.75 Å². The normalized spacial score (nSPS) is 11.2. The van der Waals surface area contributed by atoms with Gasteiger partial charge in [0.1, 0.15) is 5.75 Å². The number of hydrogen-bond acceptors (Lipinski definition) is 1. The first kappa shape index (κ1) is 10.1. The van der Waals surface area contributed by atoms with Crippen LogP contribution >= 0.6 is 0 Å². The minimum absolute atomic E-state index is 0.291. The molecule has 3 rings (SSSR count). The van der Waals surface area contributed by atoms with Crippen molar-refractivity contribution in [1.29, 1.82) is 0 Å². The highest BCUT2D eigenvalue weighted by Gasteiger charge is 2.16. The van der Waals surface area contributed by atoms with Crippen molar-refractivity contribution in [2.75, 3.05) is 0 Å². The van der Waals surface area contributed by atoms with Crippen LogP contribution in [0.2, 0.25) is 0 Å². The monoisotopic (exact) mass is 225 g/mol. The van der Waals surface area contributed by atoms with Crippen molar-refractivity contribution in [2.24, 2.45) is 0 Å². The second kappa shape index (κ2) is 3.45. The summed E-state index contributed by atoms with van der Waals surface area (Å²) in [5.41, 5.74) is 2.03. The summed E-state index contributed by atoms with van der Waals surface area (Å²) in [6, 6.07) is 11.5. The van der Waals surface area contributed by atoms with E-state index in [1.807, 2.05) is 37.3 Å². The zero-order chi connectivity index (χ0) is 12.0. The smallest absolute Gasteiger partial charge is 0.368 e. The summed E-state index contributed by atoms with van der Waals surface area (Å²) >= 11 is 0. The molecule has 84 valence electrons. The van der Waals surface area contributed by atoms with Gasteiger partial charge in [-0.25, -0.2) is 4.42 Å². The number of hydrogen-bond donors (Lipinski definition) is 1. The lowest BCUT2D eigenvalue weighted by atomic mass is 10.0. The van der Waals surface area contributed by atoms with E-state index < -0.39 is 0 Å². The van der Waals surface area contributed by atoms with E-state index in [0.717, 1.165) is 27.5 Å². The Morgan fingerprint density at radius 1 is 0.941 bits per heavy atom. The molecule has 2 nitrogen and oxygen atoms in total. The fourth-order valence-electron chi connectivity index (χ4n) is 2.31. The SMILES string of the molecule is Cc1cc(C)c2ccc3c(O)cccc3c2[o+]1. The number of phenolic OH excluding ortho intramolecular Hbond substituents is 1. The second-order valence-electron chi connectivity index (χ2n) is 4.35. The van der Waals surface area contributed by atoms with Crippen LogP contribution in [0.25, 0.3) is 21.7 Å². The zero-order valence-electron chi connectivity index (χ0n) is 9.82. The van der Waals surface area contributed by atoms with Crippen LogP contribution in [0.15, 0.2) is 40.8 Å². The van der Waals surface area contributed by atoms with E-state index in [1.54, 1.807) is 6.07 Å². The molecule has 1 N–H and O–H groups in total. The van der Waals surface area contributed by atoms with E-state index in [4.69, 9.17) is 4.42 Å². The summed E-state index contributed by atoms with van der Waals surface area (Å²) in [7, 11) is 0. The third-order valence-corrected chi connectivity index (χ3v) is 3.10. The van der Waals surface area contributed by atoms with Crippen LogP contribution in [0.5, 0.6) is 5.75 Å². The molecular weight excluding hydrogens is 212 g/mol. The lowest BCUT2D eigenvalue weighted by Crippen LogP contribution is -1.84. The lowest BCUT2D eigenvalue weighted by molar-refractivity contribution is 0.481. The van der Waals surface area contributed by atoms with Crippen molar-refractivity contribution >= 4 is 21.7 Å². The van der Waals surface area contributed by atoms with Gasteiger partial charge in [0.05, 0.1) is 17.7 Å². The average Bonchev–Trinajstić information content (AvgIpc) is 2.29. The molecule has 0 aliphatic heterocycles. The third-order valence-electron chi connectivity index (χ3n) is 3.10. The fraction of sp³-hybridized carbons (Fsp3) is 0.133. The third kappa shape index (κ3) is 1.45. The predicted octanol–water partition coefficient (Wildman–Crippen LogP) is 4.19. The predicted molar refractivity (Wildman–Crippen MR) is 69.3 cm³/mol. The topological polar surface area (TPSA) is 31.5 Å². The first-order valence-electron chi connectivity index (χ1n) is 5.61. The first-order valence-corrected chi connectivity index (χ1v) is 5.61. The Balaban J connectivity index is 2.60. The molecule has 3 aromatic rings. The van der Waals surface area contributed by atoms with Gasteiger partial charge in [0.25, 0.3) is 0 Å². The Morgan fingerprint density at radius 3 is 2.53 bits per heavy atom. The molecule has 0 radical (unpaired) electrons. The summed E-state index contributed by atoms with van der Waals surface area (Å²) in [5, 5.41) is 12.7. The van der Waals surface area contributed by atoms with Crippen LogP contribution in [-0.4, -0.2) is 5.11 Å². The number of aryl methyl sites for hydroxylation is 2. The highest BCUT2D eigenvalue weighted by atomic mass is 16.3. The summed E-state index contributed by atoms with van der Waals surface area (Å²) in [6.45, 7) is 4.01. The molecule has 0 spiro atoms. The first-order chi connectivity index (χ1) is 8.16. The minimum atomic E-state index is 0.291. The molecule has 0 atom stereocenters. The maximum absolute atomic E-state index is 9.83. The van der Waals surface area contributed by atoms with Crippen molar-refractivity contribution in [3.05, 3.63) is 47.7 Å². The molecule has 0 bridgehead atoms. The van der Waals surface area contributed by atoms with Gasteiger partial charge >= 0.3 is 11.3 Å². The Morgan fingerprint density at radius 2 is 1.71 bits per heavy atom. The molecule has 17 heavy (non-hydrogen) atoms. The lowest BCUT2D eigenvalue weighted by Gasteiger charge is -2.01. The second-order valence-corrected chi connectivity index (χ2v) is 4.35. The molecule has 0 fully saturated rings. The molecule has 1 aromatic heterocycles. The van der Waals surface area contributed by atoms with Gasteiger partial charge < -0.3 is 5.11 Å². The Bertz CT molecular complexity index is 730. The maximum atomic E-state index is 9.83. The van der Waals surface area contributed by atoms with Crippen LogP contribution in [0.1, 0.15) is 11.3 Å². The quantitative estimate of drug-likeness (QED) is 0.459. The molecule has 2 aromatic carbocycles. The molecule has 0 saturated heterocycles. The van der Waals surface area contributed by atoms with Gasteiger partial charge in [-0.1, -0.05) is 6.07 Å². The van der Waals surface area contributed by atoms with Gasteiger partial charge in [-0.3, -0.25) is 0 Å². The molecule has 0 aliphatic carbocycles. The highest BCUT2D eigenvalue weighted by molar-refractivity contribution is 6.06. The van der Waals surface area contributed by atoms with Crippen LogP contribution in [0.3, 0.4) is 0 Å². The number of fused-ring (bicyclic) bond motifs is 3. The maximum Gasteiger partial charge on any atom is 0.368 e. The molecule has 0 saturated carbocycles. The Labute approximate surface area is 99.1 Å². The molecule has 0 aliphatic rings. The standard InChI is InChI=1S/C15H12O2/c1-9-8-10(2)17-15-11(9)6-7-12-13(15)4-3-5-14(12)16/h3-8H,1-2H3/p+1. The highest BCUT2D eigenvalue weighted by Crippen LogP contribution is 2.32. The van der Waals surface area contributed by atoms with E-state index in [2.05, 4.69) is 6.92 Å². The van der Waals surface area contributed by atoms with Gasteiger partial charge in [0.15, 0.2) is 0 Å². The average molecular weight is 225 g/mol. The molecule has 0 amide bonds. The van der Waals surface area contributed by atoms with Crippen molar-refractivity contribution in [3.8, 4) is 5.75 Å². The Hall–Kier alpha value is -2.09.